The summed E-state index contributed by atoms with van der Waals surface area (Å²) in [6.45, 7) is 4.64. The summed E-state index contributed by atoms with van der Waals surface area (Å²) in [5.74, 6) is 0.215. The molecule has 0 fully saturated rings. The van der Waals surface area contributed by atoms with Gasteiger partial charge in [0.1, 0.15) is 19.3 Å². The van der Waals surface area contributed by atoms with Gasteiger partial charge in [0, 0.05) is 19.4 Å². The number of esters is 2. The summed E-state index contributed by atoms with van der Waals surface area (Å²) < 4.78 is 10.3. The smallest absolute Gasteiger partial charge is 0.305 e. The Bertz CT molecular complexity index is 874. The van der Waals surface area contributed by atoms with Crippen molar-refractivity contribution in [2.75, 3.05) is 19.8 Å². The van der Waals surface area contributed by atoms with E-state index < -0.39 is 6.10 Å². The molecular weight excluding hydrogens is 636 g/mol. The van der Waals surface area contributed by atoms with Gasteiger partial charge >= 0.3 is 11.9 Å². The van der Waals surface area contributed by atoms with Crippen molar-refractivity contribution < 1.29 is 29.3 Å². The van der Waals surface area contributed by atoms with E-state index in [1.807, 2.05) is 0 Å². The summed E-state index contributed by atoms with van der Waals surface area (Å²) in [5, 5.41) is 18.8. The summed E-state index contributed by atoms with van der Waals surface area (Å²) >= 11 is 0. The topological polar surface area (TPSA) is 93.1 Å². The van der Waals surface area contributed by atoms with Gasteiger partial charge in [0.15, 0.2) is 0 Å². The third-order valence-electron chi connectivity index (χ3n) is 9.05. The van der Waals surface area contributed by atoms with Crippen LogP contribution in [-0.4, -0.2) is 48.1 Å². The summed E-state index contributed by atoms with van der Waals surface area (Å²) in [5.41, 5.74) is 0. The molecule has 0 aromatic rings. The highest BCUT2D eigenvalue weighted by molar-refractivity contribution is 5.69. The molecule has 0 aliphatic heterocycles. The number of allylic oxidation sites excluding steroid dienone is 8. The van der Waals surface area contributed by atoms with Crippen molar-refractivity contribution in [3.8, 4) is 0 Å². The van der Waals surface area contributed by atoms with E-state index in [2.05, 4.69) is 62.5 Å². The van der Waals surface area contributed by atoms with Crippen LogP contribution in [0.5, 0.6) is 0 Å². The lowest BCUT2D eigenvalue weighted by Gasteiger charge is -2.12. The van der Waals surface area contributed by atoms with Gasteiger partial charge in [0.05, 0.1) is 0 Å². The number of aliphatic hydroxyl groups is 2. The second kappa shape index (κ2) is 40.6. The van der Waals surface area contributed by atoms with Gasteiger partial charge in [-0.05, 0) is 63.7 Å². The molecule has 0 aromatic heterocycles. The lowest BCUT2D eigenvalue weighted by atomic mass is 10.0. The van der Waals surface area contributed by atoms with Gasteiger partial charge in [0.25, 0.3) is 0 Å². The Morgan fingerprint density at radius 2 is 0.824 bits per heavy atom. The molecule has 51 heavy (non-hydrogen) atoms. The van der Waals surface area contributed by atoms with Crippen LogP contribution < -0.4 is 0 Å². The number of unbranched alkanes of at least 4 members (excludes halogenated alkanes) is 19. The molecule has 296 valence electrons. The number of hydrogen-bond acceptors (Lipinski definition) is 6. The van der Waals surface area contributed by atoms with Gasteiger partial charge in [0.2, 0.25) is 0 Å². The standard InChI is InChI=1S/C45H80O6/c1-42(2)36-32-28-24-20-16-12-8-5-6-10-14-18-22-26-30-34-38-45(49)51-41-43(47)40-50-44(48)37-33-29-25-21-17-13-9-4-3-7-11-15-19-23-27-31-35-39-46/h3,7,9,13,15,19,21,25,42-43,46-47H,4-6,8,10-12,14,16-18,20,22-24,26-41H2,1-2H3/b7-3-,13-9-,19-15-,25-21-/t43-/m0/s1. The molecule has 0 amide bonds. The molecule has 0 aromatic carbocycles. The van der Waals surface area contributed by atoms with Crippen molar-refractivity contribution >= 4 is 11.9 Å². The quantitative estimate of drug-likeness (QED) is 0.0375. The first-order valence-corrected chi connectivity index (χ1v) is 21.2. The zero-order chi connectivity index (χ0) is 37.3. The summed E-state index contributed by atoms with van der Waals surface area (Å²) in [7, 11) is 0. The number of aliphatic hydroxyl groups excluding tert-OH is 2. The van der Waals surface area contributed by atoms with Crippen molar-refractivity contribution in [3.05, 3.63) is 48.6 Å². The highest BCUT2D eigenvalue weighted by Gasteiger charge is 2.12. The van der Waals surface area contributed by atoms with E-state index in [0.29, 0.717) is 25.9 Å². The van der Waals surface area contributed by atoms with E-state index >= 15 is 0 Å². The van der Waals surface area contributed by atoms with E-state index in [1.54, 1.807) is 0 Å². The lowest BCUT2D eigenvalue weighted by molar-refractivity contribution is -0.152. The molecule has 0 radical (unpaired) electrons. The molecule has 0 aliphatic carbocycles. The van der Waals surface area contributed by atoms with Crippen molar-refractivity contribution in [3.63, 3.8) is 0 Å². The van der Waals surface area contributed by atoms with E-state index in [0.717, 1.165) is 76.5 Å². The van der Waals surface area contributed by atoms with Gasteiger partial charge in [-0.15, -0.1) is 0 Å². The van der Waals surface area contributed by atoms with Crippen molar-refractivity contribution in [1.82, 2.24) is 0 Å². The second-order valence-electron chi connectivity index (χ2n) is 14.7. The third kappa shape index (κ3) is 42.1. The fourth-order valence-electron chi connectivity index (χ4n) is 5.83. The molecule has 0 saturated heterocycles. The van der Waals surface area contributed by atoms with Crippen LogP contribution in [0.3, 0.4) is 0 Å². The fourth-order valence-corrected chi connectivity index (χ4v) is 5.83. The Morgan fingerprint density at radius 1 is 0.471 bits per heavy atom. The lowest BCUT2D eigenvalue weighted by Crippen LogP contribution is -2.25. The minimum atomic E-state index is -0.992. The number of carbonyl (C=O) groups is 2. The van der Waals surface area contributed by atoms with Crippen LogP contribution in [0.25, 0.3) is 0 Å². The highest BCUT2D eigenvalue weighted by Crippen LogP contribution is 2.15. The monoisotopic (exact) mass is 717 g/mol. The summed E-state index contributed by atoms with van der Waals surface area (Å²) in [6, 6.07) is 0. The molecule has 1 atom stereocenters. The molecule has 0 heterocycles. The van der Waals surface area contributed by atoms with E-state index in [-0.39, 0.29) is 25.2 Å². The van der Waals surface area contributed by atoms with Gasteiger partial charge in [-0.1, -0.05) is 172 Å². The Hall–Kier alpha value is -2.18. The molecular formula is C45H80O6. The number of ether oxygens (including phenoxy) is 2. The molecule has 0 rings (SSSR count). The second-order valence-corrected chi connectivity index (χ2v) is 14.7. The average molecular weight is 717 g/mol. The van der Waals surface area contributed by atoms with Crippen LogP contribution >= 0.6 is 0 Å². The molecule has 0 spiro atoms. The molecule has 0 unspecified atom stereocenters. The first-order valence-electron chi connectivity index (χ1n) is 21.2. The normalized spacial score (nSPS) is 12.7. The number of carbonyl (C=O) groups excluding carboxylic acids is 2. The molecule has 6 nitrogen and oxygen atoms in total. The van der Waals surface area contributed by atoms with Gasteiger partial charge in [-0.3, -0.25) is 9.59 Å². The summed E-state index contributed by atoms with van der Waals surface area (Å²) in [6.07, 6.45) is 47.6. The van der Waals surface area contributed by atoms with E-state index in [4.69, 9.17) is 14.6 Å². The van der Waals surface area contributed by atoms with E-state index in [1.165, 1.54) is 89.9 Å². The highest BCUT2D eigenvalue weighted by atomic mass is 16.6. The van der Waals surface area contributed by atoms with Gasteiger partial charge in [-0.2, -0.15) is 0 Å². The predicted molar refractivity (Wildman–Crippen MR) is 216 cm³/mol. The maximum absolute atomic E-state index is 12.0. The number of hydrogen-bond donors (Lipinski definition) is 2. The third-order valence-corrected chi connectivity index (χ3v) is 9.05. The van der Waals surface area contributed by atoms with Crippen LogP contribution in [-0.2, 0) is 19.1 Å². The molecule has 6 heteroatoms. The van der Waals surface area contributed by atoms with Crippen LogP contribution in [0.1, 0.15) is 194 Å². The van der Waals surface area contributed by atoms with Crippen molar-refractivity contribution in [2.45, 2.75) is 200 Å². The molecule has 0 saturated carbocycles. The molecule has 0 bridgehead atoms. The van der Waals surface area contributed by atoms with Gasteiger partial charge < -0.3 is 19.7 Å². The largest absolute Gasteiger partial charge is 0.463 e. The minimum Gasteiger partial charge on any atom is -0.463 e. The minimum absolute atomic E-state index is 0.138. The van der Waals surface area contributed by atoms with Crippen LogP contribution in [0.15, 0.2) is 48.6 Å². The zero-order valence-corrected chi connectivity index (χ0v) is 33.2. The van der Waals surface area contributed by atoms with Crippen molar-refractivity contribution in [2.24, 2.45) is 5.92 Å². The van der Waals surface area contributed by atoms with E-state index in [9.17, 15) is 14.7 Å². The Labute approximate surface area is 314 Å². The van der Waals surface area contributed by atoms with Crippen LogP contribution in [0.4, 0.5) is 0 Å². The first-order chi connectivity index (χ1) is 25.0. The summed E-state index contributed by atoms with van der Waals surface area (Å²) in [4.78, 5) is 24.0. The van der Waals surface area contributed by atoms with Crippen LogP contribution in [0.2, 0.25) is 0 Å². The fraction of sp³-hybridized carbons (Fsp3) is 0.778. The Kier molecular flexibility index (Phi) is 38.9. The average Bonchev–Trinajstić information content (AvgIpc) is 3.11. The van der Waals surface area contributed by atoms with Gasteiger partial charge in [-0.25, -0.2) is 0 Å². The predicted octanol–water partition coefficient (Wildman–Crippen LogP) is 12.2. The maximum atomic E-state index is 12.0. The Balaban J connectivity index is 3.50. The van der Waals surface area contributed by atoms with Crippen molar-refractivity contribution in [1.29, 1.82) is 0 Å². The first kappa shape index (κ1) is 48.8. The zero-order valence-electron chi connectivity index (χ0n) is 33.2. The number of rotatable bonds is 38. The maximum Gasteiger partial charge on any atom is 0.305 e. The SMILES string of the molecule is CC(C)CCCCCCCCCCCCCCCCCCC(=O)OC[C@@H](O)COC(=O)CCC/C=C\C/C=C\C/C=C\C/C=C\CCCCCO. The molecule has 2 N–H and O–H groups in total. The van der Waals surface area contributed by atoms with Crippen LogP contribution in [0, 0.1) is 5.92 Å². The Morgan fingerprint density at radius 3 is 1.25 bits per heavy atom. The molecule has 0 aliphatic rings.